The third kappa shape index (κ3) is 4.33. The van der Waals surface area contributed by atoms with Gasteiger partial charge in [-0.15, -0.1) is 0 Å². The average molecular weight is 525 g/mol. The standard InChI is InChI=1S/C27H27BrClN3O/c1-27(21-8-12-32(13-9-21)25(33)14-18-6-10-30-11-7-18)24-5-4-23(29)16-19(24)2-3-20-15-22(28)17-31-26(20)27/h4-7,10-11,15-17,21H,2-3,8-9,12-14H2,1H3. The third-order valence-electron chi connectivity index (χ3n) is 7.48. The van der Waals surface area contributed by atoms with Crippen molar-refractivity contribution in [1.82, 2.24) is 14.9 Å². The molecule has 1 aliphatic heterocycles. The number of aromatic nitrogens is 2. The van der Waals surface area contributed by atoms with Crippen LogP contribution in [0.3, 0.4) is 0 Å². The van der Waals surface area contributed by atoms with Crippen LogP contribution in [-0.2, 0) is 29.5 Å². The van der Waals surface area contributed by atoms with Gasteiger partial charge in [0, 0.05) is 46.6 Å². The summed E-state index contributed by atoms with van der Waals surface area (Å²) in [5.74, 6) is 0.591. The SMILES string of the molecule is CC1(C2CCN(C(=O)Cc3ccncc3)CC2)c2ccc(Cl)cc2CCc2cc(Br)cnc21. The molecule has 33 heavy (non-hydrogen) atoms. The van der Waals surface area contributed by atoms with Crippen LogP contribution in [0.25, 0.3) is 0 Å². The van der Waals surface area contributed by atoms with Gasteiger partial charge in [-0.1, -0.05) is 17.7 Å². The highest BCUT2D eigenvalue weighted by Gasteiger charge is 2.44. The monoisotopic (exact) mass is 523 g/mol. The number of benzene rings is 1. The number of carbonyl (C=O) groups excluding carboxylic acids is 1. The van der Waals surface area contributed by atoms with Crippen molar-refractivity contribution >= 4 is 33.4 Å². The number of amides is 1. The van der Waals surface area contributed by atoms with E-state index in [0.717, 1.165) is 53.8 Å². The van der Waals surface area contributed by atoms with Crippen molar-refractivity contribution in [1.29, 1.82) is 0 Å². The van der Waals surface area contributed by atoms with Crippen LogP contribution in [0, 0.1) is 5.92 Å². The Balaban J connectivity index is 1.43. The lowest BCUT2D eigenvalue weighted by atomic mass is 9.64. The highest BCUT2D eigenvalue weighted by molar-refractivity contribution is 9.10. The lowest BCUT2D eigenvalue weighted by molar-refractivity contribution is -0.132. The number of fused-ring (bicyclic) bond motifs is 2. The molecule has 1 fully saturated rings. The van der Waals surface area contributed by atoms with E-state index in [1.54, 1.807) is 12.4 Å². The van der Waals surface area contributed by atoms with E-state index in [1.165, 1.54) is 22.4 Å². The van der Waals surface area contributed by atoms with Crippen molar-refractivity contribution in [3.8, 4) is 0 Å². The minimum absolute atomic E-state index is 0.195. The summed E-state index contributed by atoms with van der Waals surface area (Å²) in [7, 11) is 0. The number of likely N-dealkylation sites (tertiary alicyclic amines) is 1. The van der Waals surface area contributed by atoms with Crippen molar-refractivity contribution in [2.75, 3.05) is 13.1 Å². The number of nitrogens with zero attached hydrogens (tertiary/aromatic N) is 3. The zero-order valence-electron chi connectivity index (χ0n) is 18.7. The van der Waals surface area contributed by atoms with Crippen LogP contribution in [0.5, 0.6) is 0 Å². The molecule has 2 aliphatic rings. The summed E-state index contributed by atoms with van der Waals surface area (Å²) in [5, 5.41) is 0.785. The van der Waals surface area contributed by atoms with Gasteiger partial charge in [0.05, 0.1) is 12.1 Å². The number of hydrogen-bond acceptors (Lipinski definition) is 3. The van der Waals surface area contributed by atoms with Gasteiger partial charge in [-0.3, -0.25) is 14.8 Å². The van der Waals surface area contributed by atoms with E-state index in [0.29, 0.717) is 12.3 Å². The highest BCUT2D eigenvalue weighted by Crippen LogP contribution is 2.48. The third-order valence-corrected chi connectivity index (χ3v) is 8.15. The van der Waals surface area contributed by atoms with Crippen LogP contribution in [-0.4, -0.2) is 33.9 Å². The van der Waals surface area contributed by atoms with E-state index >= 15 is 0 Å². The molecule has 0 N–H and O–H groups in total. The summed E-state index contributed by atoms with van der Waals surface area (Å²) in [4.78, 5) is 24.0. The normalized spacial score (nSPS) is 20.6. The lowest BCUT2D eigenvalue weighted by Gasteiger charge is -2.43. The molecule has 1 aromatic carbocycles. The Bertz CT molecular complexity index is 1120. The maximum atomic E-state index is 12.9. The average Bonchev–Trinajstić information content (AvgIpc) is 2.94. The summed E-state index contributed by atoms with van der Waals surface area (Å²) in [6.45, 7) is 3.90. The van der Waals surface area contributed by atoms with Crippen LogP contribution >= 0.6 is 27.5 Å². The first-order valence-corrected chi connectivity index (χ1v) is 12.7. The topological polar surface area (TPSA) is 46.1 Å². The second kappa shape index (κ2) is 9.19. The molecule has 1 amide bonds. The number of aryl methyl sites for hydroxylation is 2. The first-order chi connectivity index (χ1) is 15.9. The van der Waals surface area contributed by atoms with Crippen LogP contribution in [0.1, 0.15) is 47.7 Å². The smallest absolute Gasteiger partial charge is 0.226 e. The van der Waals surface area contributed by atoms with Crippen molar-refractivity contribution in [3.05, 3.63) is 92.4 Å². The van der Waals surface area contributed by atoms with Crippen LogP contribution < -0.4 is 0 Å². The minimum Gasteiger partial charge on any atom is -0.342 e. The molecule has 4 nitrogen and oxygen atoms in total. The summed E-state index contributed by atoms with van der Waals surface area (Å²) in [5.41, 5.74) is 5.93. The van der Waals surface area contributed by atoms with Crippen LogP contribution in [0.15, 0.2) is 59.5 Å². The van der Waals surface area contributed by atoms with E-state index in [2.05, 4.69) is 46.0 Å². The second-order valence-electron chi connectivity index (χ2n) is 9.35. The lowest BCUT2D eigenvalue weighted by Crippen LogP contribution is -2.45. The summed E-state index contributed by atoms with van der Waals surface area (Å²) < 4.78 is 1.02. The molecule has 0 bridgehead atoms. The predicted octanol–water partition coefficient (Wildman–Crippen LogP) is 5.78. The van der Waals surface area contributed by atoms with Gasteiger partial charge in [-0.2, -0.15) is 0 Å². The zero-order valence-corrected chi connectivity index (χ0v) is 21.1. The van der Waals surface area contributed by atoms with Crippen molar-refractivity contribution in [2.24, 2.45) is 5.92 Å². The largest absolute Gasteiger partial charge is 0.342 e. The Hall–Kier alpha value is -2.24. The quantitative estimate of drug-likeness (QED) is 0.436. The van der Waals surface area contributed by atoms with Crippen molar-refractivity contribution < 1.29 is 4.79 Å². The van der Waals surface area contributed by atoms with E-state index in [1.807, 2.05) is 29.3 Å². The molecule has 1 saturated heterocycles. The molecular weight excluding hydrogens is 498 g/mol. The fourth-order valence-corrected chi connectivity index (χ4v) is 6.29. The molecule has 1 aliphatic carbocycles. The molecule has 6 heteroatoms. The van der Waals surface area contributed by atoms with Crippen molar-refractivity contribution in [3.63, 3.8) is 0 Å². The molecule has 0 saturated carbocycles. The Labute approximate surface area is 208 Å². The molecule has 0 spiro atoms. The zero-order chi connectivity index (χ0) is 23.0. The maximum absolute atomic E-state index is 12.9. The number of piperidine rings is 1. The molecule has 3 aromatic rings. The Morgan fingerprint density at radius 3 is 2.61 bits per heavy atom. The fourth-order valence-electron chi connectivity index (χ4n) is 5.72. The predicted molar refractivity (Wildman–Crippen MR) is 134 cm³/mol. The molecular formula is C27H27BrClN3O. The first kappa shape index (κ1) is 22.5. The molecule has 170 valence electrons. The van der Waals surface area contributed by atoms with Gasteiger partial charge in [0.15, 0.2) is 0 Å². The molecule has 3 heterocycles. The molecule has 1 unspecified atom stereocenters. The number of carbonyl (C=O) groups is 1. The van der Waals surface area contributed by atoms with E-state index in [4.69, 9.17) is 16.6 Å². The Morgan fingerprint density at radius 2 is 1.85 bits per heavy atom. The minimum atomic E-state index is -0.216. The molecule has 1 atom stereocenters. The van der Waals surface area contributed by atoms with Crippen molar-refractivity contribution in [2.45, 2.75) is 44.4 Å². The first-order valence-electron chi connectivity index (χ1n) is 11.6. The summed E-state index contributed by atoms with van der Waals surface area (Å²) in [6, 6.07) is 12.4. The van der Waals surface area contributed by atoms with Gasteiger partial charge in [0.2, 0.25) is 5.91 Å². The second-order valence-corrected chi connectivity index (χ2v) is 10.7. The number of pyridine rings is 2. The molecule has 5 rings (SSSR count). The summed E-state index contributed by atoms with van der Waals surface area (Å²) in [6.07, 6.45) is 9.67. The Morgan fingerprint density at radius 1 is 1.12 bits per heavy atom. The van der Waals surface area contributed by atoms with Gasteiger partial charge < -0.3 is 4.90 Å². The van der Waals surface area contributed by atoms with Crippen LogP contribution in [0.2, 0.25) is 5.02 Å². The van der Waals surface area contributed by atoms with Gasteiger partial charge in [-0.05, 0) is 107 Å². The van der Waals surface area contributed by atoms with Gasteiger partial charge in [0.25, 0.3) is 0 Å². The van der Waals surface area contributed by atoms with Gasteiger partial charge >= 0.3 is 0 Å². The highest BCUT2D eigenvalue weighted by atomic mass is 79.9. The maximum Gasteiger partial charge on any atom is 0.226 e. The number of rotatable bonds is 3. The number of hydrogen-bond donors (Lipinski definition) is 0. The van der Waals surface area contributed by atoms with Gasteiger partial charge in [-0.25, -0.2) is 0 Å². The van der Waals surface area contributed by atoms with E-state index in [-0.39, 0.29) is 11.3 Å². The summed E-state index contributed by atoms with van der Waals surface area (Å²) >= 11 is 10.0. The van der Waals surface area contributed by atoms with Crippen LogP contribution in [0.4, 0.5) is 0 Å². The Kier molecular flexibility index (Phi) is 6.28. The van der Waals surface area contributed by atoms with Gasteiger partial charge in [0.1, 0.15) is 0 Å². The number of halogens is 2. The van der Waals surface area contributed by atoms with E-state index < -0.39 is 0 Å². The molecule has 2 aromatic heterocycles. The fraction of sp³-hybridized carbons (Fsp3) is 0.370. The van der Waals surface area contributed by atoms with E-state index in [9.17, 15) is 4.79 Å². The molecule has 0 radical (unpaired) electrons.